The van der Waals surface area contributed by atoms with E-state index >= 15 is 0 Å². The van der Waals surface area contributed by atoms with Gasteiger partial charge in [-0.2, -0.15) is 0 Å². The Morgan fingerprint density at radius 1 is 0.724 bits per heavy atom. The normalized spacial score (nSPS) is 10.9. The van der Waals surface area contributed by atoms with Gasteiger partial charge in [0.15, 0.2) is 0 Å². The highest BCUT2D eigenvalue weighted by Gasteiger charge is 2.15. The van der Waals surface area contributed by atoms with Gasteiger partial charge in [0.1, 0.15) is 0 Å². The lowest BCUT2D eigenvalue weighted by molar-refractivity contribution is 1.07. The van der Waals surface area contributed by atoms with E-state index in [0.717, 1.165) is 33.8 Å². The van der Waals surface area contributed by atoms with Crippen molar-refractivity contribution in [2.45, 2.75) is 0 Å². The molecule has 29 heavy (non-hydrogen) atoms. The van der Waals surface area contributed by atoms with Gasteiger partial charge < -0.3 is 9.99 Å². The number of hydrogen-bond acceptors (Lipinski definition) is 4. The molecule has 3 aromatic rings. The molecule has 1 heterocycles. The maximum atomic E-state index is 8.54. The zero-order valence-corrected chi connectivity index (χ0v) is 15.6. The van der Waals surface area contributed by atoms with Gasteiger partial charge in [-0.1, -0.05) is 48.5 Å². The first-order chi connectivity index (χ1) is 14.3. The number of hydrazine groups is 1. The van der Waals surface area contributed by atoms with Crippen LogP contribution in [0.3, 0.4) is 0 Å². The monoisotopic (exact) mass is 377 g/mol. The van der Waals surface area contributed by atoms with Crippen LogP contribution in [0.4, 0.5) is 11.4 Å². The minimum Gasteiger partial charge on any atom is -0.306 e. The third-order valence-electron chi connectivity index (χ3n) is 4.85. The minimum atomic E-state index is 0.391. The summed E-state index contributed by atoms with van der Waals surface area (Å²) < 4.78 is 2.16. The Morgan fingerprint density at radius 3 is 2.21 bits per heavy atom. The largest absolute Gasteiger partial charge is 0.306 e. The van der Waals surface area contributed by atoms with Crippen molar-refractivity contribution in [3.63, 3.8) is 0 Å². The van der Waals surface area contributed by atoms with Crippen molar-refractivity contribution in [2.24, 2.45) is 0 Å². The van der Waals surface area contributed by atoms with Gasteiger partial charge in [0, 0.05) is 5.69 Å². The third-order valence-corrected chi connectivity index (χ3v) is 4.85. The van der Waals surface area contributed by atoms with Crippen LogP contribution >= 0.6 is 0 Å². The SMILES string of the molecule is N=c1cc2n(-c3ccccc3)c3ccccc3nc-2cc1NNc1ccccc1. The van der Waals surface area contributed by atoms with E-state index in [1.54, 1.807) is 0 Å². The van der Waals surface area contributed by atoms with E-state index in [2.05, 4.69) is 33.6 Å². The summed E-state index contributed by atoms with van der Waals surface area (Å²) in [6.45, 7) is 0. The Morgan fingerprint density at radius 2 is 1.41 bits per heavy atom. The topological polar surface area (TPSA) is 65.7 Å². The number of nitrogens with zero attached hydrogens (tertiary/aromatic N) is 2. The van der Waals surface area contributed by atoms with E-state index < -0.39 is 0 Å². The first kappa shape index (κ1) is 17.0. The summed E-state index contributed by atoms with van der Waals surface area (Å²) in [5.74, 6) is 0. The second-order valence-corrected chi connectivity index (χ2v) is 6.77. The minimum absolute atomic E-state index is 0.391. The fraction of sp³-hybridized carbons (Fsp3) is 0. The van der Waals surface area contributed by atoms with Crippen molar-refractivity contribution in [3.8, 4) is 17.1 Å². The van der Waals surface area contributed by atoms with Gasteiger partial charge in [0.2, 0.25) is 0 Å². The molecule has 0 amide bonds. The van der Waals surface area contributed by atoms with Crippen molar-refractivity contribution in [2.75, 3.05) is 10.9 Å². The average molecular weight is 377 g/mol. The van der Waals surface area contributed by atoms with E-state index in [1.807, 2.05) is 78.9 Å². The first-order valence-electron chi connectivity index (χ1n) is 9.42. The molecule has 0 unspecified atom stereocenters. The molecule has 0 radical (unpaired) electrons. The molecule has 0 aromatic heterocycles. The highest BCUT2D eigenvalue weighted by atomic mass is 15.4. The van der Waals surface area contributed by atoms with Crippen LogP contribution in [-0.4, -0.2) is 9.55 Å². The Balaban J connectivity index is 1.68. The van der Waals surface area contributed by atoms with Crippen LogP contribution in [0.15, 0.2) is 97.1 Å². The van der Waals surface area contributed by atoms with Crippen LogP contribution in [0, 0.1) is 5.41 Å². The quantitative estimate of drug-likeness (QED) is 0.303. The van der Waals surface area contributed by atoms with Crippen LogP contribution < -0.4 is 16.2 Å². The zero-order chi connectivity index (χ0) is 19.6. The van der Waals surface area contributed by atoms with E-state index in [1.165, 1.54) is 0 Å². The van der Waals surface area contributed by atoms with Crippen molar-refractivity contribution < 1.29 is 0 Å². The summed E-state index contributed by atoms with van der Waals surface area (Å²) in [6, 6.07) is 31.8. The summed E-state index contributed by atoms with van der Waals surface area (Å²) in [5.41, 5.74) is 12.6. The second kappa shape index (κ2) is 7.13. The number of anilines is 2. The highest BCUT2D eigenvalue weighted by molar-refractivity contribution is 5.83. The van der Waals surface area contributed by atoms with Gasteiger partial charge in [-0.3, -0.25) is 10.8 Å². The van der Waals surface area contributed by atoms with Gasteiger partial charge in [-0.15, -0.1) is 0 Å². The predicted molar refractivity (Wildman–Crippen MR) is 117 cm³/mol. The van der Waals surface area contributed by atoms with Crippen molar-refractivity contribution in [1.82, 2.24) is 9.55 Å². The molecule has 1 aliphatic carbocycles. The number of rotatable bonds is 4. The summed E-state index contributed by atoms with van der Waals surface area (Å²) in [7, 11) is 0. The molecule has 2 aliphatic rings. The number of nitrogens with one attached hydrogen (secondary N) is 3. The van der Waals surface area contributed by atoms with Gasteiger partial charge in [-0.25, -0.2) is 4.98 Å². The van der Waals surface area contributed by atoms with Crippen LogP contribution in [0.25, 0.3) is 28.1 Å². The van der Waals surface area contributed by atoms with Gasteiger partial charge >= 0.3 is 0 Å². The van der Waals surface area contributed by atoms with Gasteiger partial charge in [-0.05, 0) is 48.5 Å². The van der Waals surface area contributed by atoms with Crippen molar-refractivity contribution in [3.05, 3.63) is 102 Å². The molecule has 3 aromatic carbocycles. The van der Waals surface area contributed by atoms with E-state index in [4.69, 9.17) is 10.4 Å². The maximum Gasteiger partial charge on any atom is 0.0901 e. The number of hydrogen-bond donors (Lipinski definition) is 3. The lowest BCUT2D eigenvalue weighted by Gasteiger charge is -2.20. The predicted octanol–water partition coefficient (Wildman–Crippen LogP) is 5.05. The summed E-state index contributed by atoms with van der Waals surface area (Å²) in [4.78, 5) is 4.85. The van der Waals surface area contributed by atoms with Crippen molar-refractivity contribution >= 4 is 22.4 Å². The number of aromatic nitrogens is 2. The molecule has 140 valence electrons. The lowest BCUT2D eigenvalue weighted by atomic mass is 10.1. The molecule has 0 saturated carbocycles. The Hall–Kier alpha value is -4.12. The molecule has 0 saturated heterocycles. The Kier molecular flexibility index (Phi) is 4.18. The summed E-state index contributed by atoms with van der Waals surface area (Å²) >= 11 is 0. The number of benzene rings is 4. The third kappa shape index (κ3) is 3.19. The first-order valence-corrected chi connectivity index (χ1v) is 9.42. The second-order valence-electron chi connectivity index (χ2n) is 6.77. The lowest BCUT2D eigenvalue weighted by Crippen LogP contribution is -2.18. The molecule has 0 bridgehead atoms. The molecule has 0 atom stereocenters. The Labute approximate surface area is 168 Å². The fourth-order valence-electron chi connectivity index (χ4n) is 3.47. The Bertz CT molecular complexity index is 1310. The van der Waals surface area contributed by atoms with Gasteiger partial charge in [0.25, 0.3) is 0 Å². The molecule has 0 fully saturated rings. The number of para-hydroxylation sites is 4. The number of fused-ring (bicyclic) bond motifs is 2. The molecule has 1 aliphatic heterocycles. The van der Waals surface area contributed by atoms with Gasteiger partial charge in [0.05, 0.1) is 39.2 Å². The molecule has 5 rings (SSSR count). The van der Waals surface area contributed by atoms with Crippen molar-refractivity contribution in [1.29, 1.82) is 5.41 Å². The van der Waals surface area contributed by atoms with Crippen LogP contribution in [0.5, 0.6) is 0 Å². The molecule has 3 N–H and O–H groups in total. The smallest absolute Gasteiger partial charge is 0.0901 e. The molecule has 0 spiro atoms. The summed E-state index contributed by atoms with van der Waals surface area (Å²) in [5, 5.41) is 8.93. The summed E-state index contributed by atoms with van der Waals surface area (Å²) in [6.07, 6.45) is 0. The standard InChI is InChI=1S/C24H19N5/c25-19-15-24-22(16-21(19)28-27-17-9-3-1-4-10-17)26-20-13-7-8-14-23(20)29(24)18-11-5-2-6-12-18/h1-16,25,27-28H. The zero-order valence-electron chi connectivity index (χ0n) is 15.6. The van der Waals surface area contributed by atoms with Crippen LogP contribution in [0.1, 0.15) is 0 Å². The van der Waals surface area contributed by atoms with Crippen LogP contribution in [0.2, 0.25) is 0 Å². The molecule has 5 nitrogen and oxygen atoms in total. The molecular weight excluding hydrogens is 358 g/mol. The average Bonchev–Trinajstić information content (AvgIpc) is 2.77. The molecular formula is C24H19N5. The highest BCUT2D eigenvalue weighted by Crippen LogP contribution is 2.29. The molecule has 5 heteroatoms. The maximum absolute atomic E-state index is 8.54. The van der Waals surface area contributed by atoms with E-state index in [-0.39, 0.29) is 0 Å². The van der Waals surface area contributed by atoms with E-state index in [0.29, 0.717) is 11.0 Å². The fourth-order valence-corrected chi connectivity index (χ4v) is 3.47. The van der Waals surface area contributed by atoms with Crippen LogP contribution in [-0.2, 0) is 0 Å². The van der Waals surface area contributed by atoms with E-state index in [9.17, 15) is 0 Å².